The summed E-state index contributed by atoms with van der Waals surface area (Å²) in [4.78, 5) is 12.4. The van der Waals surface area contributed by atoms with Crippen LogP contribution in [0.1, 0.15) is 19.3 Å². The van der Waals surface area contributed by atoms with E-state index in [9.17, 15) is 0 Å². The van der Waals surface area contributed by atoms with Gasteiger partial charge in [0.15, 0.2) is 0 Å². The van der Waals surface area contributed by atoms with Gasteiger partial charge in [0.05, 0.1) is 19.6 Å². The highest BCUT2D eigenvalue weighted by atomic mass is 16.5. The van der Waals surface area contributed by atoms with E-state index in [-0.39, 0.29) is 0 Å². The van der Waals surface area contributed by atoms with Crippen LogP contribution in [0.5, 0.6) is 11.5 Å². The van der Waals surface area contributed by atoms with Crippen molar-refractivity contribution in [1.29, 1.82) is 0 Å². The Kier molecular flexibility index (Phi) is 4.05. The number of fused-ring (bicyclic) bond motifs is 1. The Morgan fingerprint density at radius 3 is 2.48 bits per heavy atom. The number of methoxy groups -OCH3 is 2. The van der Waals surface area contributed by atoms with Crippen LogP contribution in [-0.2, 0) is 0 Å². The monoisotopic (exact) mass is 339 g/mol. The number of anilines is 3. The van der Waals surface area contributed by atoms with Gasteiger partial charge in [-0.15, -0.1) is 0 Å². The third-order valence-corrected chi connectivity index (χ3v) is 4.47. The quantitative estimate of drug-likeness (QED) is 0.635. The van der Waals surface area contributed by atoms with E-state index >= 15 is 0 Å². The van der Waals surface area contributed by atoms with Crippen LogP contribution in [-0.4, -0.2) is 35.2 Å². The number of H-pyrrole nitrogens is 1. The second-order valence-electron chi connectivity index (χ2n) is 6.13. The van der Waals surface area contributed by atoms with E-state index < -0.39 is 0 Å². The molecule has 0 radical (unpaired) electrons. The normalized spacial score (nSPS) is 14.2. The lowest BCUT2D eigenvalue weighted by atomic mass is 9.93. The van der Waals surface area contributed by atoms with Crippen LogP contribution in [0.15, 0.2) is 30.5 Å². The summed E-state index contributed by atoms with van der Waals surface area (Å²) in [6.07, 6.45) is 5.52. The van der Waals surface area contributed by atoms with Gasteiger partial charge in [-0.25, -0.2) is 0 Å². The van der Waals surface area contributed by atoms with Crippen molar-refractivity contribution >= 4 is 28.5 Å². The SMILES string of the molecule is COc1cc(Nc2nc(NC3CCC3)c3cc[nH]c3n2)cc(OC)c1. The van der Waals surface area contributed by atoms with Crippen LogP contribution < -0.4 is 20.1 Å². The summed E-state index contributed by atoms with van der Waals surface area (Å²) in [5.74, 6) is 2.78. The standard InChI is InChI=1S/C18H21N5O2/c1-24-13-8-12(9-14(10-13)25-2)21-18-22-16-15(6-7-19-16)17(23-18)20-11-4-3-5-11/h6-11H,3-5H2,1-2H3,(H3,19,20,21,22,23). The molecule has 0 saturated heterocycles. The zero-order chi connectivity index (χ0) is 17.2. The molecule has 1 aromatic carbocycles. The van der Waals surface area contributed by atoms with E-state index in [0.717, 1.165) is 22.5 Å². The summed E-state index contributed by atoms with van der Waals surface area (Å²) >= 11 is 0. The molecule has 1 aliphatic carbocycles. The van der Waals surface area contributed by atoms with Crippen LogP contribution >= 0.6 is 0 Å². The van der Waals surface area contributed by atoms with Crippen molar-refractivity contribution in [2.45, 2.75) is 25.3 Å². The molecule has 2 heterocycles. The molecular formula is C18H21N5O2. The number of ether oxygens (including phenoxy) is 2. The third kappa shape index (κ3) is 3.17. The van der Waals surface area contributed by atoms with Gasteiger partial charge in [0.25, 0.3) is 0 Å². The van der Waals surface area contributed by atoms with Gasteiger partial charge in [-0.2, -0.15) is 9.97 Å². The van der Waals surface area contributed by atoms with Crippen molar-refractivity contribution in [2.24, 2.45) is 0 Å². The highest BCUT2D eigenvalue weighted by Gasteiger charge is 2.19. The van der Waals surface area contributed by atoms with Crippen LogP contribution in [0.4, 0.5) is 17.5 Å². The lowest BCUT2D eigenvalue weighted by molar-refractivity contribution is 0.395. The highest BCUT2D eigenvalue weighted by molar-refractivity contribution is 5.88. The first kappa shape index (κ1) is 15.6. The van der Waals surface area contributed by atoms with E-state index in [1.165, 1.54) is 19.3 Å². The molecule has 0 aliphatic heterocycles. The number of nitrogens with one attached hydrogen (secondary N) is 3. The lowest BCUT2D eigenvalue weighted by Gasteiger charge is -2.27. The second kappa shape index (κ2) is 6.51. The first-order valence-electron chi connectivity index (χ1n) is 8.37. The summed E-state index contributed by atoms with van der Waals surface area (Å²) in [5, 5.41) is 7.76. The Morgan fingerprint density at radius 1 is 1.08 bits per heavy atom. The summed E-state index contributed by atoms with van der Waals surface area (Å²) in [5.41, 5.74) is 1.60. The van der Waals surface area contributed by atoms with Crippen LogP contribution in [0.2, 0.25) is 0 Å². The van der Waals surface area contributed by atoms with Gasteiger partial charge in [-0.05, 0) is 25.3 Å². The van der Waals surface area contributed by atoms with Crippen molar-refractivity contribution in [1.82, 2.24) is 15.0 Å². The van der Waals surface area contributed by atoms with E-state index in [1.54, 1.807) is 14.2 Å². The Labute approximate surface area is 145 Å². The number of rotatable bonds is 6. The van der Waals surface area contributed by atoms with Gasteiger partial charge in [-0.1, -0.05) is 0 Å². The van der Waals surface area contributed by atoms with E-state index in [1.807, 2.05) is 30.5 Å². The van der Waals surface area contributed by atoms with Gasteiger partial charge in [0.2, 0.25) is 5.95 Å². The van der Waals surface area contributed by atoms with Crippen molar-refractivity contribution in [3.05, 3.63) is 30.5 Å². The predicted octanol–water partition coefficient (Wildman–Crippen LogP) is 3.68. The number of hydrogen-bond donors (Lipinski definition) is 3. The summed E-state index contributed by atoms with van der Waals surface area (Å²) < 4.78 is 10.6. The van der Waals surface area contributed by atoms with Crippen molar-refractivity contribution in [3.63, 3.8) is 0 Å². The number of aromatic nitrogens is 3. The number of aromatic amines is 1. The molecule has 2 aromatic heterocycles. The van der Waals surface area contributed by atoms with E-state index in [0.29, 0.717) is 23.5 Å². The summed E-state index contributed by atoms with van der Waals surface area (Å²) in [6, 6.07) is 8.07. The topological polar surface area (TPSA) is 84.1 Å². The number of hydrogen-bond acceptors (Lipinski definition) is 6. The maximum absolute atomic E-state index is 5.31. The van der Waals surface area contributed by atoms with E-state index in [2.05, 4.69) is 25.6 Å². The Balaban J connectivity index is 1.66. The second-order valence-corrected chi connectivity index (χ2v) is 6.13. The highest BCUT2D eigenvalue weighted by Crippen LogP contribution is 2.30. The molecule has 0 amide bonds. The first-order chi connectivity index (χ1) is 12.2. The maximum Gasteiger partial charge on any atom is 0.231 e. The smallest absolute Gasteiger partial charge is 0.231 e. The van der Waals surface area contributed by atoms with Gasteiger partial charge in [0.1, 0.15) is 23.0 Å². The first-order valence-corrected chi connectivity index (χ1v) is 8.37. The molecule has 7 heteroatoms. The molecule has 130 valence electrons. The van der Waals surface area contributed by atoms with Gasteiger partial charge < -0.3 is 25.1 Å². The third-order valence-electron chi connectivity index (χ3n) is 4.47. The van der Waals surface area contributed by atoms with Gasteiger partial charge >= 0.3 is 0 Å². The predicted molar refractivity (Wildman–Crippen MR) is 98.0 cm³/mol. The van der Waals surface area contributed by atoms with Crippen LogP contribution in [0, 0.1) is 0 Å². The summed E-state index contributed by atoms with van der Waals surface area (Å²) in [7, 11) is 3.25. The van der Waals surface area contributed by atoms with Crippen LogP contribution in [0.3, 0.4) is 0 Å². The molecule has 3 N–H and O–H groups in total. The molecule has 1 saturated carbocycles. The van der Waals surface area contributed by atoms with Gasteiger partial charge in [0, 0.05) is 36.1 Å². The minimum absolute atomic E-state index is 0.498. The molecule has 1 aliphatic rings. The molecule has 0 bridgehead atoms. The average Bonchev–Trinajstić information content (AvgIpc) is 3.06. The maximum atomic E-state index is 5.31. The molecule has 0 unspecified atom stereocenters. The fraction of sp³-hybridized carbons (Fsp3) is 0.333. The van der Waals surface area contributed by atoms with Crippen molar-refractivity contribution in [2.75, 3.05) is 24.9 Å². The minimum Gasteiger partial charge on any atom is -0.497 e. The van der Waals surface area contributed by atoms with Crippen molar-refractivity contribution < 1.29 is 9.47 Å². The molecule has 0 spiro atoms. The van der Waals surface area contributed by atoms with Gasteiger partial charge in [-0.3, -0.25) is 0 Å². The Morgan fingerprint density at radius 2 is 1.84 bits per heavy atom. The Bertz CT molecular complexity index is 866. The largest absolute Gasteiger partial charge is 0.497 e. The average molecular weight is 339 g/mol. The zero-order valence-electron chi connectivity index (χ0n) is 14.3. The van der Waals surface area contributed by atoms with Crippen molar-refractivity contribution in [3.8, 4) is 11.5 Å². The van der Waals surface area contributed by atoms with E-state index in [4.69, 9.17) is 9.47 Å². The number of nitrogens with zero attached hydrogens (tertiary/aromatic N) is 2. The fourth-order valence-corrected chi connectivity index (χ4v) is 2.86. The molecule has 0 atom stereocenters. The summed E-state index contributed by atoms with van der Waals surface area (Å²) in [6.45, 7) is 0. The fourth-order valence-electron chi connectivity index (χ4n) is 2.86. The molecule has 3 aromatic rings. The molecule has 7 nitrogen and oxygen atoms in total. The zero-order valence-corrected chi connectivity index (χ0v) is 14.3. The molecule has 4 rings (SSSR count). The molecular weight excluding hydrogens is 318 g/mol. The molecule has 1 fully saturated rings. The lowest BCUT2D eigenvalue weighted by Crippen LogP contribution is -2.27. The minimum atomic E-state index is 0.498. The molecule has 25 heavy (non-hydrogen) atoms. The van der Waals surface area contributed by atoms with Crippen LogP contribution in [0.25, 0.3) is 11.0 Å². The number of benzene rings is 1. The Hall–Kier alpha value is -2.96.